The third-order valence-electron chi connectivity index (χ3n) is 10.4. The van der Waals surface area contributed by atoms with Gasteiger partial charge in [0.15, 0.2) is 46.0 Å². The molecular formula is C34H32O8. The largest absolute Gasteiger partial charge is 0.504 e. The third-order valence-corrected chi connectivity index (χ3v) is 10.4. The molecule has 8 nitrogen and oxygen atoms in total. The molecule has 4 bridgehead atoms. The van der Waals surface area contributed by atoms with Gasteiger partial charge in [0.2, 0.25) is 0 Å². The van der Waals surface area contributed by atoms with Crippen LogP contribution < -0.4 is 0 Å². The Morgan fingerprint density at radius 3 is 0.643 bits per heavy atom. The van der Waals surface area contributed by atoms with Crippen molar-refractivity contribution in [1.29, 1.82) is 0 Å². The average molecular weight is 569 g/mol. The molecule has 42 heavy (non-hydrogen) atoms. The zero-order valence-electron chi connectivity index (χ0n) is 22.7. The molecule has 4 aliphatic carbocycles. The fourth-order valence-electron chi connectivity index (χ4n) is 9.27. The van der Waals surface area contributed by atoms with Crippen LogP contribution in [0.25, 0.3) is 0 Å². The molecule has 0 atom stereocenters. The van der Waals surface area contributed by atoms with Gasteiger partial charge in [0.25, 0.3) is 0 Å². The van der Waals surface area contributed by atoms with E-state index in [-0.39, 0.29) is 46.0 Å². The predicted octanol–water partition coefficient (Wildman–Crippen LogP) is 5.76. The van der Waals surface area contributed by atoms with Crippen molar-refractivity contribution in [3.63, 3.8) is 0 Å². The van der Waals surface area contributed by atoms with Gasteiger partial charge >= 0.3 is 0 Å². The summed E-state index contributed by atoms with van der Waals surface area (Å²) in [5.74, 6) is -1.81. The highest BCUT2D eigenvalue weighted by atomic mass is 16.3. The summed E-state index contributed by atoms with van der Waals surface area (Å²) in [7, 11) is 0. The Balaban J connectivity index is 1.55. The van der Waals surface area contributed by atoms with E-state index in [1.54, 1.807) is 24.3 Å². The lowest BCUT2D eigenvalue weighted by molar-refractivity contribution is -0.0694. The zero-order valence-corrected chi connectivity index (χ0v) is 22.7. The Hall–Kier alpha value is -4.72. The Morgan fingerprint density at radius 2 is 0.476 bits per heavy atom. The van der Waals surface area contributed by atoms with E-state index in [2.05, 4.69) is 0 Å². The molecule has 0 unspecified atom stereocenters. The summed E-state index contributed by atoms with van der Waals surface area (Å²) in [6.45, 7) is 0. The summed E-state index contributed by atoms with van der Waals surface area (Å²) < 4.78 is 0. The minimum atomic E-state index is -0.561. The lowest BCUT2D eigenvalue weighted by atomic mass is 9.32. The SMILES string of the molecule is Oc1ccc(C23CC4(c5ccc(O)c(O)c5)CC(c5ccc(O)c(O)c5)(C2)CC(c2ccc(O)c(O)c2)(C3)C4)cc1O. The average Bonchev–Trinajstić information content (AvgIpc) is 2.94. The van der Waals surface area contributed by atoms with Gasteiger partial charge < -0.3 is 40.9 Å². The van der Waals surface area contributed by atoms with Crippen molar-refractivity contribution in [2.24, 2.45) is 0 Å². The summed E-state index contributed by atoms with van der Waals surface area (Å²) in [6.07, 6.45) is 3.87. The van der Waals surface area contributed by atoms with Crippen LogP contribution in [0.4, 0.5) is 0 Å². The van der Waals surface area contributed by atoms with Crippen LogP contribution in [0, 0.1) is 0 Å². The van der Waals surface area contributed by atoms with Crippen LogP contribution in [0.3, 0.4) is 0 Å². The first-order valence-electron chi connectivity index (χ1n) is 14.0. The van der Waals surface area contributed by atoms with Crippen LogP contribution in [-0.2, 0) is 21.7 Å². The highest BCUT2D eigenvalue weighted by molar-refractivity contribution is 5.56. The molecule has 0 radical (unpaired) electrons. The number of hydrogen-bond acceptors (Lipinski definition) is 8. The van der Waals surface area contributed by atoms with Crippen LogP contribution in [0.5, 0.6) is 46.0 Å². The maximum absolute atomic E-state index is 10.6. The van der Waals surface area contributed by atoms with Crippen LogP contribution >= 0.6 is 0 Å². The second-order valence-electron chi connectivity index (χ2n) is 13.0. The minimum Gasteiger partial charge on any atom is -0.504 e. The second-order valence-corrected chi connectivity index (χ2v) is 13.0. The van der Waals surface area contributed by atoms with Crippen molar-refractivity contribution in [2.75, 3.05) is 0 Å². The van der Waals surface area contributed by atoms with Crippen molar-refractivity contribution >= 4 is 0 Å². The monoisotopic (exact) mass is 568 g/mol. The first-order valence-corrected chi connectivity index (χ1v) is 14.0. The van der Waals surface area contributed by atoms with Crippen molar-refractivity contribution in [3.8, 4) is 46.0 Å². The highest BCUT2D eigenvalue weighted by Crippen LogP contribution is 2.75. The van der Waals surface area contributed by atoms with E-state index in [1.807, 2.05) is 24.3 Å². The van der Waals surface area contributed by atoms with Gasteiger partial charge in [-0.3, -0.25) is 0 Å². The topological polar surface area (TPSA) is 162 Å². The molecule has 4 fully saturated rings. The molecule has 8 N–H and O–H groups in total. The molecule has 4 saturated carbocycles. The fourth-order valence-corrected chi connectivity index (χ4v) is 9.27. The number of benzene rings is 4. The molecule has 216 valence electrons. The van der Waals surface area contributed by atoms with E-state index in [4.69, 9.17) is 0 Å². The Labute approximate surface area is 242 Å². The standard InChI is InChI=1S/C34H32O8/c35-23-5-1-19(9-27(23)39)31-13-32(20-2-6-24(36)28(40)10-20)16-33(14-31,21-3-7-25(37)29(41)11-21)18-34(15-31,17-32)22-4-8-26(38)30(42)12-22/h1-12,35-42H,13-18H2. The van der Waals surface area contributed by atoms with Crippen molar-refractivity contribution < 1.29 is 40.9 Å². The van der Waals surface area contributed by atoms with Crippen LogP contribution in [0.1, 0.15) is 60.8 Å². The van der Waals surface area contributed by atoms with Gasteiger partial charge in [-0.1, -0.05) is 24.3 Å². The third kappa shape index (κ3) is 3.60. The number of phenolic OH excluding ortho intramolecular Hbond substituents is 8. The van der Waals surface area contributed by atoms with Gasteiger partial charge in [-0.05, 0) is 131 Å². The van der Waals surface area contributed by atoms with E-state index in [0.29, 0.717) is 38.5 Å². The van der Waals surface area contributed by atoms with Crippen molar-refractivity contribution in [1.82, 2.24) is 0 Å². The molecule has 8 heteroatoms. The molecular weight excluding hydrogens is 536 g/mol. The highest BCUT2D eigenvalue weighted by Gasteiger charge is 2.69. The van der Waals surface area contributed by atoms with Crippen LogP contribution in [0.15, 0.2) is 72.8 Å². The Bertz CT molecular complexity index is 1470. The van der Waals surface area contributed by atoms with Crippen molar-refractivity contribution in [2.45, 2.75) is 60.2 Å². The van der Waals surface area contributed by atoms with E-state index < -0.39 is 21.7 Å². The number of aromatic hydroxyl groups is 8. The summed E-state index contributed by atoms with van der Waals surface area (Å²) in [4.78, 5) is 0. The van der Waals surface area contributed by atoms with Gasteiger partial charge in [-0.15, -0.1) is 0 Å². The zero-order chi connectivity index (χ0) is 29.7. The molecule has 4 aromatic carbocycles. The Morgan fingerprint density at radius 1 is 0.286 bits per heavy atom. The molecule has 0 spiro atoms. The van der Waals surface area contributed by atoms with Crippen LogP contribution in [-0.4, -0.2) is 40.9 Å². The summed E-state index contributed by atoms with van der Waals surface area (Å²) in [6, 6.07) is 19.7. The smallest absolute Gasteiger partial charge is 0.157 e. The first-order chi connectivity index (χ1) is 19.9. The summed E-state index contributed by atoms with van der Waals surface area (Å²) in [5.41, 5.74) is 1.10. The van der Waals surface area contributed by atoms with Crippen LogP contribution in [0.2, 0.25) is 0 Å². The molecule has 4 aliphatic rings. The molecule has 0 heterocycles. The van der Waals surface area contributed by atoms with E-state index >= 15 is 0 Å². The minimum absolute atomic E-state index is 0.224. The van der Waals surface area contributed by atoms with Gasteiger partial charge in [0.1, 0.15) is 0 Å². The molecule has 0 amide bonds. The molecule has 0 aromatic heterocycles. The second kappa shape index (κ2) is 8.41. The van der Waals surface area contributed by atoms with Gasteiger partial charge in [-0.2, -0.15) is 0 Å². The molecule has 4 aromatic rings. The van der Waals surface area contributed by atoms with Gasteiger partial charge in [0.05, 0.1) is 0 Å². The number of hydrogen-bond donors (Lipinski definition) is 8. The summed E-state index contributed by atoms with van der Waals surface area (Å²) in [5, 5.41) is 83.2. The van der Waals surface area contributed by atoms with Crippen molar-refractivity contribution in [3.05, 3.63) is 95.1 Å². The lowest BCUT2D eigenvalue weighted by Crippen LogP contribution is -2.67. The quantitative estimate of drug-likeness (QED) is 0.144. The Kier molecular flexibility index (Phi) is 5.24. The van der Waals surface area contributed by atoms with Gasteiger partial charge in [-0.25, -0.2) is 0 Å². The lowest BCUT2D eigenvalue weighted by Gasteiger charge is -2.71. The van der Waals surface area contributed by atoms with E-state index in [9.17, 15) is 40.9 Å². The maximum atomic E-state index is 10.6. The molecule has 0 aliphatic heterocycles. The normalized spacial score (nSPS) is 29.5. The molecule has 8 rings (SSSR count). The van der Waals surface area contributed by atoms with E-state index in [1.165, 1.54) is 24.3 Å². The number of phenols is 8. The number of rotatable bonds is 4. The predicted molar refractivity (Wildman–Crippen MR) is 154 cm³/mol. The fraction of sp³-hybridized carbons (Fsp3) is 0.294. The van der Waals surface area contributed by atoms with Gasteiger partial charge in [0, 0.05) is 0 Å². The maximum Gasteiger partial charge on any atom is 0.157 e. The first kappa shape index (κ1) is 26.2. The van der Waals surface area contributed by atoms with E-state index in [0.717, 1.165) is 22.3 Å². The molecule has 0 saturated heterocycles. The summed E-state index contributed by atoms with van der Waals surface area (Å²) >= 11 is 0.